The predicted molar refractivity (Wildman–Crippen MR) is 212 cm³/mol. The van der Waals surface area contributed by atoms with Gasteiger partial charge in [0.1, 0.15) is 18.7 Å². The average molecular weight is 759 g/mol. The molecule has 12 heteroatoms. The Morgan fingerprint density at radius 2 is 1.44 bits per heavy atom. The van der Waals surface area contributed by atoms with Crippen LogP contribution in [0.3, 0.4) is 0 Å². The third-order valence-electron chi connectivity index (χ3n) is 9.53. The van der Waals surface area contributed by atoms with Gasteiger partial charge in [0.15, 0.2) is 0 Å². The van der Waals surface area contributed by atoms with Gasteiger partial charge in [-0.3, -0.25) is 14.4 Å². The third-order valence-corrected chi connectivity index (χ3v) is 10.4. The molecular formula is C42H54N4O7S. The number of carbonyl (C=O) groups excluding carboxylic acids is 4. The zero-order chi connectivity index (χ0) is 39.0. The van der Waals surface area contributed by atoms with Gasteiger partial charge in [-0.05, 0) is 51.6 Å². The van der Waals surface area contributed by atoms with Crippen molar-refractivity contribution in [2.24, 2.45) is 11.8 Å². The monoisotopic (exact) mass is 758 g/mol. The summed E-state index contributed by atoms with van der Waals surface area (Å²) >= 11 is 1.44. The molecule has 3 unspecified atom stereocenters. The fourth-order valence-electron chi connectivity index (χ4n) is 6.27. The highest BCUT2D eigenvalue weighted by atomic mass is 32.1. The third kappa shape index (κ3) is 13.0. The average Bonchev–Trinajstić information content (AvgIpc) is 3.68. The standard InChI is InChI=1S/C42H54N4O7S/c1-5-28(4)37(25-47)43-39(49)24-38(48)34(21-27(2)3)44-41(51)36(23-32-18-12-20-54-32)45-40(50)35(46-42(52)53-26-29-13-7-6-8-14-29)22-31-17-11-16-30-15-9-10-19-33(30)31/h6-20,27-28,34-38,47-48H,5,21-26H2,1-4H3,(H,43,49)(H,44,51)(H,45,50)(H,46,52)/t28?,34?,35-,36-,37+,38?/m0/s1. The number of carbonyl (C=O) groups is 4. The van der Waals surface area contributed by atoms with Crippen molar-refractivity contribution in [1.29, 1.82) is 0 Å². The Hall–Kier alpha value is -4.78. The van der Waals surface area contributed by atoms with Gasteiger partial charge in [-0.1, -0.05) is 113 Å². The Kier molecular flexibility index (Phi) is 16.5. The molecule has 0 bridgehead atoms. The number of ether oxygens (including phenoxy) is 1. The first-order chi connectivity index (χ1) is 26.0. The van der Waals surface area contributed by atoms with E-state index < -0.39 is 54.1 Å². The molecule has 6 N–H and O–H groups in total. The Morgan fingerprint density at radius 1 is 0.759 bits per heavy atom. The van der Waals surface area contributed by atoms with Gasteiger partial charge < -0.3 is 36.2 Å². The first-order valence-corrected chi connectivity index (χ1v) is 19.5. The van der Waals surface area contributed by atoms with Crippen molar-refractivity contribution in [1.82, 2.24) is 21.3 Å². The lowest BCUT2D eigenvalue weighted by atomic mass is 9.95. The Balaban J connectivity index is 1.55. The van der Waals surface area contributed by atoms with Crippen molar-refractivity contribution in [3.63, 3.8) is 0 Å². The van der Waals surface area contributed by atoms with E-state index in [0.717, 1.165) is 33.2 Å². The fourth-order valence-corrected chi connectivity index (χ4v) is 7.02. The van der Waals surface area contributed by atoms with Crippen LogP contribution < -0.4 is 21.3 Å². The molecule has 4 aromatic rings. The fraction of sp³-hybridized carbons (Fsp3) is 0.429. The van der Waals surface area contributed by atoms with Gasteiger partial charge in [0.05, 0.1) is 31.2 Å². The largest absolute Gasteiger partial charge is 0.445 e. The van der Waals surface area contributed by atoms with E-state index in [-0.39, 0.29) is 44.3 Å². The second kappa shape index (κ2) is 21.2. The summed E-state index contributed by atoms with van der Waals surface area (Å²) in [5.74, 6) is -1.47. The van der Waals surface area contributed by atoms with Crippen molar-refractivity contribution in [2.75, 3.05) is 6.61 Å². The number of hydrogen-bond donors (Lipinski definition) is 6. The van der Waals surface area contributed by atoms with Crippen molar-refractivity contribution in [3.05, 3.63) is 106 Å². The van der Waals surface area contributed by atoms with Gasteiger partial charge in [0, 0.05) is 17.7 Å². The van der Waals surface area contributed by atoms with Crippen molar-refractivity contribution < 1.29 is 34.1 Å². The molecule has 6 atom stereocenters. The lowest BCUT2D eigenvalue weighted by Gasteiger charge is -2.29. The predicted octanol–water partition coefficient (Wildman–Crippen LogP) is 5.27. The summed E-state index contributed by atoms with van der Waals surface area (Å²) in [7, 11) is 0. The topological polar surface area (TPSA) is 166 Å². The van der Waals surface area contributed by atoms with E-state index in [2.05, 4.69) is 21.3 Å². The van der Waals surface area contributed by atoms with E-state index in [0.29, 0.717) is 6.42 Å². The number of alkyl carbamates (subject to hydrolysis) is 1. The highest BCUT2D eigenvalue weighted by Gasteiger charge is 2.32. The van der Waals surface area contributed by atoms with Crippen LogP contribution in [0, 0.1) is 11.8 Å². The van der Waals surface area contributed by atoms with Gasteiger partial charge in [-0.15, -0.1) is 11.3 Å². The molecule has 0 aliphatic carbocycles. The smallest absolute Gasteiger partial charge is 0.408 e. The summed E-state index contributed by atoms with van der Waals surface area (Å²) < 4.78 is 5.49. The maximum Gasteiger partial charge on any atom is 0.408 e. The molecule has 0 saturated carbocycles. The second-order valence-electron chi connectivity index (χ2n) is 14.2. The van der Waals surface area contributed by atoms with Crippen LogP contribution in [0.4, 0.5) is 4.79 Å². The summed E-state index contributed by atoms with van der Waals surface area (Å²) in [4.78, 5) is 55.2. The number of fused-ring (bicyclic) bond motifs is 1. The van der Waals surface area contributed by atoms with Crippen LogP contribution in [0.25, 0.3) is 10.8 Å². The molecule has 0 aliphatic rings. The van der Waals surface area contributed by atoms with E-state index in [9.17, 15) is 29.4 Å². The molecule has 4 rings (SSSR count). The normalized spacial score (nSPS) is 14.6. The number of benzene rings is 3. The van der Waals surface area contributed by atoms with Gasteiger partial charge in [0.2, 0.25) is 17.7 Å². The van der Waals surface area contributed by atoms with Crippen molar-refractivity contribution in [3.8, 4) is 0 Å². The molecule has 4 amide bonds. The lowest BCUT2D eigenvalue weighted by Crippen LogP contribution is -2.57. The zero-order valence-corrected chi connectivity index (χ0v) is 32.3. The van der Waals surface area contributed by atoms with Crippen LogP contribution >= 0.6 is 11.3 Å². The van der Waals surface area contributed by atoms with Crippen LogP contribution in [-0.2, 0) is 38.6 Å². The van der Waals surface area contributed by atoms with Crippen molar-refractivity contribution >= 4 is 45.9 Å². The van der Waals surface area contributed by atoms with E-state index in [1.807, 2.05) is 118 Å². The Morgan fingerprint density at radius 3 is 2.13 bits per heavy atom. The van der Waals surface area contributed by atoms with E-state index in [1.165, 1.54) is 11.3 Å². The highest BCUT2D eigenvalue weighted by Crippen LogP contribution is 2.21. The van der Waals surface area contributed by atoms with Crippen LogP contribution in [-0.4, -0.2) is 70.9 Å². The molecular weight excluding hydrogens is 705 g/mol. The minimum absolute atomic E-state index is 0.00850. The van der Waals surface area contributed by atoms with Gasteiger partial charge >= 0.3 is 6.09 Å². The number of nitrogens with one attached hydrogen (secondary N) is 4. The summed E-state index contributed by atoms with van der Waals surface area (Å²) in [6.45, 7) is 7.57. The van der Waals surface area contributed by atoms with E-state index in [4.69, 9.17) is 4.74 Å². The summed E-state index contributed by atoms with van der Waals surface area (Å²) in [5.41, 5.74) is 1.61. The van der Waals surface area contributed by atoms with Gasteiger partial charge in [0.25, 0.3) is 0 Å². The number of thiophene rings is 1. The Labute approximate surface area is 321 Å². The molecule has 3 aromatic carbocycles. The quantitative estimate of drug-likeness (QED) is 0.0715. The van der Waals surface area contributed by atoms with Crippen molar-refractivity contribution in [2.45, 2.75) is 96.7 Å². The number of aliphatic hydroxyl groups is 2. The molecule has 0 radical (unpaired) electrons. The zero-order valence-electron chi connectivity index (χ0n) is 31.5. The first-order valence-electron chi connectivity index (χ1n) is 18.6. The number of hydrogen-bond acceptors (Lipinski definition) is 8. The van der Waals surface area contributed by atoms with E-state index in [1.54, 1.807) is 0 Å². The summed E-state index contributed by atoms with van der Waals surface area (Å²) in [6.07, 6.45) is -0.894. The second-order valence-corrected chi connectivity index (χ2v) is 15.2. The summed E-state index contributed by atoms with van der Waals surface area (Å²) in [6, 6.07) is 23.0. The highest BCUT2D eigenvalue weighted by molar-refractivity contribution is 7.09. The molecule has 1 heterocycles. The van der Waals surface area contributed by atoms with Gasteiger partial charge in [-0.25, -0.2) is 4.79 Å². The molecule has 11 nitrogen and oxygen atoms in total. The van der Waals surface area contributed by atoms with E-state index >= 15 is 0 Å². The molecule has 0 aliphatic heterocycles. The molecule has 0 spiro atoms. The number of aliphatic hydroxyl groups excluding tert-OH is 2. The minimum atomic E-state index is -1.23. The lowest BCUT2D eigenvalue weighted by molar-refractivity contribution is -0.131. The molecule has 290 valence electrons. The molecule has 0 fully saturated rings. The molecule has 0 saturated heterocycles. The van der Waals surface area contributed by atoms with Crippen LogP contribution in [0.15, 0.2) is 90.3 Å². The molecule has 54 heavy (non-hydrogen) atoms. The number of rotatable bonds is 20. The number of amides is 4. The van der Waals surface area contributed by atoms with Crippen LogP contribution in [0.2, 0.25) is 0 Å². The summed E-state index contributed by atoms with van der Waals surface area (Å²) in [5, 5.41) is 36.2. The Bertz CT molecular complexity index is 1780. The van der Waals surface area contributed by atoms with Gasteiger partial charge in [-0.2, -0.15) is 0 Å². The van der Waals surface area contributed by atoms with Crippen LogP contribution in [0.1, 0.15) is 63.0 Å². The van der Waals surface area contributed by atoms with Crippen LogP contribution in [0.5, 0.6) is 0 Å². The SMILES string of the molecule is CCC(C)[C@@H](CO)NC(=O)CC(O)C(CC(C)C)NC(=O)[C@H](Cc1cccs1)NC(=O)[C@H](Cc1cccc2ccccc12)NC(=O)OCc1ccccc1. The first kappa shape index (κ1) is 42.0. The maximum absolute atomic E-state index is 14.2. The molecule has 1 aromatic heterocycles. The minimum Gasteiger partial charge on any atom is -0.445 e. The maximum atomic E-state index is 14.2.